The summed E-state index contributed by atoms with van der Waals surface area (Å²) in [5, 5.41) is 0. The van der Waals surface area contributed by atoms with Crippen LogP contribution in [0.1, 0.15) is 52.0 Å². The van der Waals surface area contributed by atoms with Crippen molar-refractivity contribution in [2.24, 2.45) is 11.8 Å². The van der Waals surface area contributed by atoms with Gasteiger partial charge in [0.25, 0.3) is 0 Å². The molecule has 0 N–H and O–H groups in total. The lowest BCUT2D eigenvalue weighted by atomic mass is 9.86. The number of piperidine rings is 1. The molecule has 0 radical (unpaired) electrons. The summed E-state index contributed by atoms with van der Waals surface area (Å²) in [4.78, 5) is 6.98. The zero-order chi connectivity index (χ0) is 14.7. The van der Waals surface area contributed by atoms with E-state index in [-0.39, 0.29) is 0 Å². The van der Waals surface area contributed by atoms with E-state index in [1.54, 1.807) is 7.11 Å². The summed E-state index contributed by atoms with van der Waals surface area (Å²) in [6.45, 7) is 11.2. The highest BCUT2D eigenvalue weighted by Crippen LogP contribution is 2.36. The summed E-state index contributed by atoms with van der Waals surface area (Å²) in [7, 11) is 1.76. The van der Waals surface area contributed by atoms with Gasteiger partial charge >= 0.3 is 0 Å². The smallest absolute Gasteiger partial charge is 0.171 e. The predicted octanol–water partition coefficient (Wildman–Crippen LogP) is 4.09. The molecule has 0 saturated carbocycles. The summed E-state index contributed by atoms with van der Waals surface area (Å²) >= 11 is 0. The first-order valence-electron chi connectivity index (χ1n) is 7.82. The molecule has 1 aliphatic heterocycles. The number of hydrogen-bond donors (Lipinski definition) is 0. The van der Waals surface area contributed by atoms with Crippen LogP contribution in [0.3, 0.4) is 0 Å². The Balaban J connectivity index is 2.19. The SMILES string of the molecule is COc1c(C(C)C)ccnc1N1CCC(C(C)C)CC1. The molecular weight excluding hydrogens is 248 g/mol. The van der Waals surface area contributed by atoms with Crippen molar-refractivity contribution in [2.45, 2.75) is 46.5 Å². The van der Waals surface area contributed by atoms with Crippen LogP contribution in [0.5, 0.6) is 5.75 Å². The largest absolute Gasteiger partial charge is 0.493 e. The Bertz CT molecular complexity index is 435. The maximum Gasteiger partial charge on any atom is 0.171 e. The molecule has 1 aliphatic rings. The zero-order valence-corrected chi connectivity index (χ0v) is 13.5. The van der Waals surface area contributed by atoms with Crippen molar-refractivity contribution in [1.29, 1.82) is 0 Å². The number of hydrogen-bond acceptors (Lipinski definition) is 3. The molecule has 1 saturated heterocycles. The summed E-state index contributed by atoms with van der Waals surface area (Å²) < 4.78 is 5.66. The highest BCUT2D eigenvalue weighted by molar-refractivity contribution is 5.57. The Kier molecular flexibility index (Phi) is 4.90. The molecule has 1 fully saturated rings. The van der Waals surface area contributed by atoms with Gasteiger partial charge in [0.05, 0.1) is 7.11 Å². The Labute approximate surface area is 123 Å². The summed E-state index contributed by atoms with van der Waals surface area (Å²) in [6, 6.07) is 2.08. The average Bonchev–Trinajstić information content (AvgIpc) is 2.46. The lowest BCUT2D eigenvalue weighted by Crippen LogP contribution is -2.36. The minimum Gasteiger partial charge on any atom is -0.493 e. The van der Waals surface area contributed by atoms with Crippen LogP contribution in [-0.4, -0.2) is 25.2 Å². The second-order valence-corrected chi connectivity index (χ2v) is 6.48. The van der Waals surface area contributed by atoms with Crippen LogP contribution in [0.2, 0.25) is 0 Å². The third-order valence-corrected chi connectivity index (χ3v) is 4.52. The monoisotopic (exact) mass is 276 g/mol. The summed E-state index contributed by atoms with van der Waals surface area (Å²) in [5.41, 5.74) is 1.25. The molecule has 0 unspecified atom stereocenters. The molecule has 20 heavy (non-hydrogen) atoms. The van der Waals surface area contributed by atoms with E-state index in [4.69, 9.17) is 4.74 Å². The normalized spacial score (nSPS) is 17.1. The summed E-state index contributed by atoms with van der Waals surface area (Å²) in [6.07, 6.45) is 4.44. The molecule has 0 spiro atoms. The number of aromatic nitrogens is 1. The van der Waals surface area contributed by atoms with Crippen LogP contribution in [0, 0.1) is 11.8 Å². The lowest BCUT2D eigenvalue weighted by Gasteiger charge is -2.35. The van der Waals surface area contributed by atoms with Gasteiger partial charge in [-0.3, -0.25) is 0 Å². The Hall–Kier alpha value is -1.25. The first kappa shape index (κ1) is 15.1. The highest BCUT2D eigenvalue weighted by Gasteiger charge is 2.25. The lowest BCUT2D eigenvalue weighted by molar-refractivity contribution is 0.308. The number of nitrogens with zero attached hydrogens (tertiary/aromatic N) is 2. The Morgan fingerprint density at radius 2 is 1.85 bits per heavy atom. The molecule has 2 rings (SSSR count). The standard InChI is InChI=1S/C17H28N2O/c1-12(2)14-7-10-19(11-8-14)17-16(20-5)15(13(3)4)6-9-18-17/h6,9,12-14H,7-8,10-11H2,1-5H3. The molecule has 2 heterocycles. The number of rotatable bonds is 4. The first-order chi connectivity index (χ1) is 9.54. The van der Waals surface area contributed by atoms with E-state index in [1.165, 1.54) is 18.4 Å². The number of ether oxygens (including phenoxy) is 1. The van der Waals surface area contributed by atoms with Crippen LogP contribution >= 0.6 is 0 Å². The number of anilines is 1. The van der Waals surface area contributed by atoms with E-state index in [0.29, 0.717) is 5.92 Å². The fourth-order valence-corrected chi connectivity index (χ4v) is 3.12. The molecule has 0 atom stereocenters. The number of pyridine rings is 1. The third kappa shape index (κ3) is 3.08. The van der Waals surface area contributed by atoms with Gasteiger partial charge in [-0.2, -0.15) is 0 Å². The van der Waals surface area contributed by atoms with Gasteiger partial charge in [-0.05, 0) is 36.7 Å². The van der Waals surface area contributed by atoms with E-state index < -0.39 is 0 Å². The molecule has 3 nitrogen and oxygen atoms in total. The molecular formula is C17H28N2O. The van der Waals surface area contributed by atoms with Gasteiger partial charge in [-0.15, -0.1) is 0 Å². The quantitative estimate of drug-likeness (QED) is 0.828. The van der Waals surface area contributed by atoms with E-state index in [1.807, 2.05) is 6.20 Å². The predicted molar refractivity (Wildman–Crippen MR) is 84.7 cm³/mol. The van der Waals surface area contributed by atoms with Crippen LogP contribution in [-0.2, 0) is 0 Å². The van der Waals surface area contributed by atoms with Gasteiger partial charge in [0.2, 0.25) is 0 Å². The maximum absolute atomic E-state index is 5.66. The first-order valence-corrected chi connectivity index (χ1v) is 7.82. The third-order valence-electron chi connectivity index (χ3n) is 4.52. The van der Waals surface area contributed by atoms with E-state index in [2.05, 4.69) is 43.6 Å². The van der Waals surface area contributed by atoms with Crippen molar-refractivity contribution in [3.63, 3.8) is 0 Å². The Morgan fingerprint density at radius 1 is 1.20 bits per heavy atom. The minimum atomic E-state index is 0.458. The molecule has 112 valence electrons. The topological polar surface area (TPSA) is 25.4 Å². The van der Waals surface area contributed by atoms with Crippen molar-refractivity contribution >= 4 is 5.82 Å². The van der Waals surface area contributed by atoms with Crippen LogP contribution < -0.4 is 9.64 Å². The molecule has 0 aliphatic carbocycles. The van der Waals surface area contributed by atoms with Crippen molar-refractivity contribution in [2.75, 3.05) is 25.1 Å². The van der Waals surface area contributed by atoms with Crippen molar-refractivity contribution in [1.82, 2.24) is 4.98 Å². The Morgan fingerprint density at radius 3 is 2.35 bits per heavy atom. The fourth-order valence-electron chi connectivity index (χ4n) is 3.12. The van der Waals surface area contributed by atoms with E-state index in [9.17, 15) is 0 Å². The van der Waals surface area contributed by atoms with Gasteiger partial charge in [-0.1, -0.05) is 27.7 Å². The molecule has 1 aromatic heterocycles. The maximum atomic E-state index is 5.66. The van der Waals surface area contributed by atoms with Crippen LogP contribution in [0.15, 0.2) is 12.3 Å². The van der Waals surface area contributed by atoms with Gasteiger partial charge in [0, 0.05) is 24.8 Å². The van der Waals surface area contributed by atoms with Gasteiger partial charge in [-0.25, -0.2) is 4.98 Å². The molecule has 1 aromatic rings. The highest BCUT2D eigenvalue weighted by atomic mass is 16.5. The van der Waals surface area contributed by atoms with Crippen molar-refractivity contribution in [3.05, 3.63) is 17.8 Å². The van der Waals surface area contributed by atoms with Gasteiger partial charge < -0.3 is 9.64 Å². The average molecular weight is 276 g/mol. The van der Waals surface area contributed by atoms with Crippen molar-refractivity contribution in [3.8, 4) is 5.75 Å². The van der Waals surface area contributed by atoms with E-state index >= 15 is 0 Å². The molecule has 0 bridgehead atoms. The second-order valence-electron chi connectivity index (χ2n) is 6.48. The van der Waals surface area contributed by atoms with Crippen LogP contribution in [0.25, 0.3) is 0 Å². The van der Waals surface area contributed by atoms with Crippen molar-refractivity contribution < 1.29 is 4.74 Å². The fraction of sp³-hybridized carbons (Fsp3) is 0.706. The molecule has 3 heteroatoms. The number of methoxy groups -OCH3 is 1. The minimum absolute atomic E-state index is 0.458. The molecule has 0 amide bonds. The van der Waals surface area contributed by atoms with E-state index in [0.717, 1.165) is 36.5 Å². The van der Waals surface area contributed by atoms with Gasteiger partial charge in [0.15, 0.2) is 11.6 Å². The summed E-state index contributed by atoms with van der Waals surface area (Å²) in [5.74, 6) is 4.09. The second kappa shape index (κ2) is 6.47. The van der Waals surface area contributed by atoms with Gasteiger partial charge in [0.1, 0.15) is 0 Å². The molecule has 0 aromatic carbocycles. The zero-order valence-electron chi connectivity index (χ0n) is 13.5. The van der Waals surface area contributed by atoms with Crippen LogP contribution in [0.4, 0.5) is 5.82 Å².